The minimum absolute atomic E-state index is 0.158. The molecule has 0 unspecified atom stereocenters. The first-order chi connectivity index (χ1) is 7.58. The topological polar surface area (TPSA) is 101 Å². The molecule has 0 aromatic carbocycles. The van der Waals surface area contributed by atoms with E-state index in [2.05, 4.69) is 20.9 Å². The van der Waals surface area contributed by atoms with E-state index >= 15 is 0 Å². The van der Waals surface area contributed by atoms with Crippen molar-refractivity contribution in [1.82, 2.24) is 9.55 Å². The lowest BCUT2D eigenvalue weighted by molar-refractivity contribution is 0.275. The number of aromatic nitrogens is 2. The summed E-state index contributed by atoms with van der Waals surface area (Å²) in [7, 11) is 0. The van der Waals surface area contributed by atoms with Crippen LogP contribution in [0.3, 0.4) is 0 Å². The van der Waals surface area contributed by atoms with Crippen molar-refractivity contribution >= 4 is 21.7 Å². The van der Waals surface area contributed by atoms with E-state index < -0.39 is 5.69 Å². The summed E-state index contributed by atoms with van der Waals surface area (Å²) in [5.74, 6) is 0.158. The summed E-state index contributed by atoms with van der Waals surface area (Å²) in [6.07, 6.45) is 1.50. The molecule has 0 atom stereocenters. The lowest BCUT2D eigenvalue weighted by Gasteiger charge is -2.07. The molecule has 0 radical (unpaired) electrons. The van der Waals surface area contributed by atoms with Crippen molar-refractivity contribution in [1.29, 1.82) is 0 Å². The first kappa shape index (κ1) is 12.9. The molecule has 0 bridgehead atoms. The van der Waals surface area contributed by atoms with E-state index in [1.807, 2.05) is 0 Å². The van der Waals surface area contributed by atoms with E-state index in [0.717, 1.165) is 0 Å². The van der Waals surface area contributed by atoms with E-state index in [1.54, 1.807) is 0 Å². The molecule has 7 heteroatoms. The van der Waals surface area contributed by atoms with Gasteiger partial charge < -0.3 is 15.9 Å². The van der Waals surface area contributed by atoms with Crippen LogP contribution in [0.25, 0.3) is 0 Å². The Labute approximate surface area is 100 Å². The number of anilines is 1. The predicted octanol–water partition coefficient (Wildman–Crippen LogP) is -0.541. The van der Waals surface area contributed by atoms with Crippen LogP contribution in [0.5, 0.6) is 0 Å². The Hall–Kier alpha value is -1.18. The molecule has 6 nitrogen and oxygen atoms in total. The van der Waals surface area contributed by atoms with Gasteiger partial charge in [0.2, 0.25) is 0 Å². The number of aliphatic hydroxyl groups excluding tert-OH is 2. The molecule has 88 valence electrons. The quantitative estimate of drug-likeness (QED) is 0.691. The Bertz CT molecular complexity index is 450. The summed E-state index contributed by atoms with van der Waals surface area (Å²) < 4.78 is 1.86. The smallest absolute Gasteiger partial charge is 0.349 e. The third-order valence-electron chi connectivity index (χ3n) is 1.97. The van der Waals surface area contributed by atoms with Crippen LogP contribution in [0.15, 0.2) is 27.1 Å². The molecule has 4 N–H and O–H groups in total. The number of halogens is 1. The monoisotopic (exact) mass is 289 g/mol. The van der Waals surface area contributed by atoms with Gasteiger partial charge >= 0.3 is 5.69 Å². The molecule has 1 aromatic rings. The number of nitrogens with zero attached hydrogens (tertiary/aromatic N) is 2. The molecule has 1 rings (SSSR count). The Balaban J connectivity index is 2.97. The maximum Gasteiger partial charge on any atom is 0.349 e. The minimum atomic E-state index is -0.479. The van der Waals surface area contributed by atoms with Crippen molar-refractivity contribution in [3.8, 4) is 0 Å². The van der Waals surface area contributed by atoms with Crippen LogP contribution in [-0.4, -0.2) is 33.0 Å². The molecule has 0 saturated heterocycles. The molecule has 16 heavy (non-hydrogen) atoms. The van der Waals surface area contributed by atoms with Crippen LogP contribution in [0.2, 0.25) is 0 Å². The lowest BCUT2D eigenvalue weighted by Crippen LogP contribution is -2.23. The van der Waals surface area contributed by atoms with Crippen LogP contribution < -0.4 is 11.4 Å². The van der Waals surface area contributed by atoms with Gasteiger partial charge in [0, 0.05) is 10.7 Å². The first-order valence-electron chi connectivity index (χ1n) is 4.49. The predicted molar refractivity (Wildman–Crippen MR) is 63.0 cm³/mol. The van der Waals surface area contributed by atoms with Crippen molar-refractivity contribution in [3.63, 3.8) is 0 Å². The summed E-state index contributed by atoms with van der Waals surface area (Å²) in [5.41, 5.74) is 5.28. The fourth-order valence-electron chi connectivity index (χ4n) is 1.05. The number of allylic oxidation sites excluding steroid dienone is 1. The van der Waals surface area contributed by atoms with Gasteiger partial charge in [-0.25, -0.2) is 4.79 Å². The average Bonchev–Trinajstić information content (AvgIpc) is 2.24. The highest BCUT2D eigenvalue weighted by molar-refractivity contribution is 9.11. The second kappa shape index (κ2) is 5.78. The van der Waals surface area contributed by atoms with E-state index in [-0.39, 0.29) is 25.6 Å². The Morgan fingerprint density at radius 2 is 2.12 bits per heavy atom. The summed E-state index contributed by atoms with van der Waals surface area (Å²) in [5, 5.41) is 17.8. The SMILES string of the molecule is Nc1ccn(CC(Br)=C(CO)CO)c(=O)n1. The highest BCUT2D eigenvalue weighted by Gasteiger charge is 2.05. The third-order valence-corrected chi connectivity index (χ3v) is 2.78. The average molecular weight is 290 g/mol. The highest BCUT2D eigenvalue weighted by atomic mass is 79.9. The highest BCUT2D eigenvalue weighted by Crippen LogP contribution is 2.13. The summed E-state index contributed by atoms with van der Waals surface area (Å²) in [6.45, 7) is -0.342. The molecule has 0 spiro atoms. The third kappa shape index (κ3) is 3.16. The Kier molecular flexibility index (Phi) is 4.66. The molecule has 0 aliphatic carbocycles. The molecule has 0 fully saturated rings. The van der Waals surface area contributed by atoms with Gasteiger partial charge in [0.05, 0.1) is 19.8 Å². The number of rotatable bonds is 4. The number of nitrogen functional groups attached to an aromatic ring is 1. The van der Waals surface area contributed by atoms with Crippen molar-refractivity contribution in [3.05, 3.63) is 32.8 Å². The first-order valence-corrected chi connectivity index (χ1v) is 5.29. The second-order valence-electron chi connectivity index (χ2n) is 3.09. The maximum absolute atomic E-state index is 11.4. The van der Waals surface area contributed by atoms with Crippen molar-refractivity contribution in [2.24, 2.45) is 0 Å². The fourth-order valence-corrected chi connectivity index (χ4v) is 1.57. The Morgan fingerprint density at radius 1 is 1.50 bits per heavy atom. The maximum atomic E-state index is 11.4. The van der Waals surface area contributed by atoms with Gasteiger partial charge in [-0.15, -0.1) is 0 Å². The van der Waals surface area contributed by atoms with E-state index in [9.17, 15) is 4.79 Å². The van der Waals surface area contributed by atoms with Gasteiger partial charge in [0.1, 0.15) is 5.82 Å². The largest absolute Gasteiger partial charge is 0.392 e. The zero-order valence-corrected chi connectivity index (χ0v) is 10.0. The molecule has 0 aliphatic rings. The molecule has 1 aromatic heterocycles. The number of nitrogens with two attached hydrogens (primary N) is 1. The summed E-state index contributed by atoms with van der Waals surface area (Å²) in [6, 6.07) is 1.50. The zero-order chi connectivity index (χ0) is 12.1. The van der Waals surface area contributed by atoms with Crippen LogP contribution in [0.1, 0.15) is 0 Å². The number of aliphatic hydroxyl groups is 2. The Morgan fingerprint density at radius 3 is 2.62 bits per heavy atom. The second-order valence-corrected chi connectivity index (χ2v) is 4.04. The van der Waals surface area contributed by atoms with Crippen LogP contribution in [0, 0.1) is 0 Å². The van der Waals surface area contributed by atoms with Crippen molar-refractivity contribution in [2.45, 2.75) is 6.54 Å². The molecule has 0 amide bonds. The minimum Gasteiger partial charge on any atom is -0.392 e. The molecule has 1 heterocycles. The van der Waals surface area contributed by atoms with Gasteiger partial charge in [-0.2, -0.15) is 4.98 Å². The van der Waals surface area contributed by atoms with Gasteiger partial charge in [-0.1, -0.05) is 15.9 Å². The molecular weight excluding hydrogens is 278 g/mol. The summed E-state index contributed by atoms with van der Waals surface area (Å²) >= 11 is 3.19. The zero-order valence-electron chi connectivity index (χ0n) is 8.43. The lowest BCUT2D eigenvalue weighted by atomic mass is 10.3. The van der Waals surface area contributed by atoms with Crippen LogP contribution in [-0.2, 0) is 6.54 Å². The fraction of sp³-hybridized carbons (Fsp3) is 0.333. The van der Waals surface area contributed by atoms with Crippen LogP contribution in [0.4, 0.5) is 5.82 Å². The van der Waals surface area contributed by atoms with Gasteiger partial charge in [0.15, 0.2) is 0 Å². The standard InChI is InChI=1S/C9H12BrN3O3/c10-7(6(4-14)5-15)3-13-2-1-8(11)12-9(13)16/h1-2,14-15H,3-5H2,(H2,11,12,16). The van der Waals surface area contributed by atoms with E-state index in [0.29, 0.717) is 10.1 Å². The van der Waals surface area contributed by atoms with E-state index in [1.165, 1.54) is 16.8 Å². The molecule has 0 saturated carbocycles. The van der Waals surface area contributed by atoms with Gasteiger partial charge in [0.25, 0.3) is 0 Å². The number of hydrogen-bond donors (Lipinski definition) is 3. The van der Waals surface area contributed by atoms with Gasteiger partial charge in [-0.3, -0.25) is 4.57 Å². The van der Waals surface area contributed by atoms with Crippen LogP contribution >= 0.6 is 15.9 Å². The number of hydrogen-bond acceptors (Lipinski definition) is 5. The summed E-state index contributed by atoms with van der Waals surface area (Å²) in [4.78, 5) is 14.9. The van der Waals surface area contributed by atoms with E-state index in [4.69, 9.17) is 15.9 Å². The van der Waals surface area contributed by atoms with Crippen molar-refractivity contribution in [2.75, 3.05) is 18.9 Å². The van der Waals surface area contributed by atoms with Gasteiger partial charge in [-0.05, 0) is 11.6 Å². The van der Waals surface area contributed by atoms with Crippen molar-refractivity contribution < 1.29 is 10.2 Å². The molecular formula is C9H12BrN3O3. The molecule has 0 aliphatic heterocycles. The normalized spacial score (nSPS) is 10.2.